The fourth-order valence-corrected chi connectivity index (χ4v) is 9.52. The van der Waals surface area contributed by atoms with Crippen molar-refractivity contribution in [1.82, 2.24) is 5.32 Å². The van der Waals surface area contributed by atoms with Gasteiger partial charge < -0.3 is 45.1 Å². The van der Waals surface area contributed by atoms with E-state index in [9.17, 15) is 35.1 Å². The Morgan fingerprint density at radius 1 is 0.500 bits per heavy atom. The minimum absolute atomic E-state index is 0.0495. The summed E-state index contributed by atoms with van der Waals surface area (Å²) in [4.78, 5) is 25.0. The number of hydrogen-bond donors (Lipinski definition) is 6. The molecule has 0 spiro atoms. The second kappa shape index (κ2) is 52.7. The molecule has 1 saturated heterocycles. The lowest BCUT2D eigenvalue weighted by Crippen LogP contribution is -2.60. The van der Waals surface area contributed by atoms with Gasteiger partial charge in [0.25, 0.3) is 0 Å². The van der Waals surface area contributed by atoms with Crippen molar-refractivity contribution >= 4 is 11.9 Å². The number of nitrogens with one attached hydrogen (secondary N) is 1. The summed E-state index contributed by atoms with van der Waals surface area (Å²) >= 11 is 0. The van der Waals surface area contributed by atoms with Crippen LogP contribution in [0.3, 0.4) is 0 Å². The third-order valence-electron chi connectivity index (χ3n) is 14.4. The van der Waals surface area contributed by atoms with Crippen molar-refractivity contribution in [3.63, 3.8) is 0 Å². The predicted octanol–water partition coefficient (Wildman–Crippen LogP) is 14.5. The normalized spacial score (nSPS) is 19.1. The van der Waals surface area contributed by atoms with Crippen molar-refractivity contribution in [1.29, 1.82) is 0 Å². The second-order valence-electron chi connectivity index (χ2n) is 21.4. The molecule has 0 radical (unpaired) electrons. The van der Waals surface area contributed by atoms with Gasteiger partial charge >= 0.3 is 5.97 Å². The molecule has 1 amide bonds. The number of rotatable bonds is 53. The summed E-state index contributed by atoms with van der Waals surface area (Å²) in [5.74, 6) is -0.246. The smallest absolute Gasteiger partial charge is 0.305 e. The highest BCUT2D eigenvalue weighted by Gasteiger charge is 2.44. The van der Waals surface area contributed by atoms with Gasteiger partial charge in [-0.3, -0.25) is 9.59 Å². The third-order valence-corrected chi connectivity index (χ3v) is 14.4. The quantitative estimate of drug-likeness (QED) is 0.0195. The molecule has 1 aliphatic heterocycles. The van der Waals surface area contributed by atoms with E-state index in [4.69, 9.17) is 14.2 Å². The van der Waals surface area contributed by atoms with Gasteiger partial charge in [-0.25, -0.2) is 0 Å². The Morgan fingerprint density at radius 2 is 0.919 bits per heavy atom. The van der Waals surface area contributed by atoms with Crippen LogP contribution in [-0.2, 0) is 23.8 Å². The molecule has 74 heavy (non-hydrogen) atoms. The van der Waals surface area contributed by atoms with Gasteiger partial charge in [0.15, 0.2) is 6.29 Å². The van der Waals surface area contributed by atoms with Crippen molar-refractivity contribution < 1.29 is 49.3 Å². The molecule has 1 rings (SSSR count). The lowest BCUT2D eigenvalue weighted by atomic mass is 9.99. The largest absolute Gasteiger partial charge is 0.465 e. The van der Waals surface area contributed by atoms with Gasteiger partial charge in [0.05, 0.1) is 32.0 Å². The summed E-state index contributed by atoms with van der Waals surface area (Å²) in [6.45, 7) is 4.21. The number of unbranched alkanes of at least 4 members (excludes halogenated alkanes) is 33. The predicted molar refractivity (Wildman–Crippen MR) is 306 cm³/mol. The van der Waals surface area contributed by atoms with Gasteiger partial charge in [0.2, 0.25) is 5.91 Å². The molecule has 1 aliphatic rings. The Balaban J connectivity index is 2.11. The van der Waals surface area contributed by atoms with E-state index in [1.54, 1.807) is 6.08 Å². The second-order valence-corrected chi connectivity index (χ2v) is 21.4. The molecule has 0 bridgehead atoms. The van der Waals surface area contributed by atoms with Gasteiger partial charge in [0.1, 0.15) is 24.4 Å². The maximum absolute atomic E-state index is 13.0. The van der Waals surface area contributed by atoms with Crippen LogP contribution in [0.4, 0.5) is 0 Å². The van der Waals surface area contributed by atoms with Crippen LogP contribution in [0, 0.1) is 0 Å². The molecular formula is C63H115NO10. The van der Waals surface area contributed by atoms with Crippen LogP contribution >= 0.6 is 0 Å². The highest BCUT2D eigenvalue weighted by Crippen LogP contribution is 2.23. The molecule has 1 fully saturated rings. The van der Waals surface area contributed by atoms with Crippen molar-refractivity contribution in [3.05, 3.63) is 48.6 Å². The maximum Gasteiger partial charge on any atom is 0.305 e. The third kappa shape index (κ3) is 41.7. The Bertz CT molecular complexity index is 1370. The summed E-state index contributed by atoms with van der Waals surface area (Å²) in [7, 11) is 0. The number of amides is 1. The summed E-state index contributed by atoms with van der Waals surface area (Å²) in [6, 6.07) is -0.832. The molecule has 7 atom stereocenters. The minimum atomic E-state index is -1.58. The molecule has 432 valence electrons. The SMILES string of the molecule is CCCCCCCCCC/C=C/CC/C=C/C(O)C(COC1OC(CO)C(O)C(O)C1O)NC(=O)CCCCCCCCCCCCCCCC/C=C\C/C=C\CCOC(=O)CCCCCCCCCCCCC. The average Bonchev–Trinajstić information content (AvgIpc) is 3.40. The lowest BCUT2D eigenvalue weighted by Gasteiger charge is -2.40. The number of aliphatic hydroxyl groups is 5. The van der Waals surface area contributed by atoms with Crippen molar-refractivity contribution in [2.24, 2.45) is 0 Å². The molecule has 11 heteroatoms. The van der Waals surface area contributed by atoms with Gasteiger partial charge in [-0.2, -0.15) is 0 Å². The van der Waals surface area contributed by atoms with Gasteiger partial charge in [-0.05, 0) is 64.2 Å². The molecule has 0 aromatic heterocycles. The standard InChI is InChI=1S/C63H115NO10/c1-3-5-7-9-11-13-15-16-26-30-33-37-41-45-49-56(66)55(54-73-63-62(71)61(70)60(69)57(53-65)74-63)64-58(67)50-46-42-38-34-31-27-24-22-20-18-17-19-21-23-25-28-32-36-40-44-48-52-72-59(68)51-47-43-39-35-29-14-12-10-8-6-4-2/h28,30,32-33,40,44-45,49,55-57,60-63,65-66,69-71H,3-27,29,31,34-39,41-43,46-48,50-54H2,1-2H3,(H,64,67)/b32-28-,33-30+,44-40-,49-45+. The topological polar surface area (TPSA) is 175 Å². The fourth-order valence-electron chi connectivity index (χ4n) is 9.52. The minimum Gasteiger partial charge on any atom is -0.465 e. The first-order chi connectivity index (χ1) is 36.2. The van der Waals surface area contributed by atoms with E-state index in [-0.39, 0.29) is 18.5 Å². The summed E-state index contributed by atoms with van der Waals surface area (Å²) in [6.07, 6.45) is 56.5. The van der Waals surface area contributed by atoms with E-state index < -0.39 is 49.5 Å². The Hall–Kier alpha value is -2.38. The van der Waals surface area contributed by atoms with Crippen LogP contribution < -0.4 is 5.32 Å². The first-order valence-corrected chi connectivity index (χ1v) is 30.9. The molecule has 6 N–H and O–H groups in total. The van der Waals surface area contributed by atoms with Gasteiger partial charge in [0, 0.05) is 12.8 Å². The van der Waals surface area contributed by atoms with Crippen molar-refractivity contribution in [2.45, 2.75) is 320 Å². The first kappa shape index (κ1) is 69.6. The molecule has 0 aromatic rings. The number of allylic oxidation sites excluding steroid dienone is 6. The van der Waals surface area contributed by atoms with Crippen LogP contribution in [0.2, 0.25) is 0 Å². The number of hydrogen-bond acceptors (Lipinski definition) is 10. The van der Waals surface area contributed by atoms with E-state index in [0.717, 1.165) is 77.0 Å². The van der Waals surface area contributed by atoms with Crippen LogP contribution in [-0.4, -0.2) is 100 Å². The van der Waals surface area contributed by atoms with Crippen molar-refractivity contribution in [2.75, 3.05) is 19.8 Å². The Morgan fingerprint density at radius 3 is 1.42 bits per heavy atom. The average molecular weight is 1050 g/mol. The summed E-state index contributed by atoms with van der Waals surface area (Å²) < 4.78 is 16.6. The molecule has 0 aliphatic carbocycles. The number of carbonyl (C=O) groups excluding carboxylic acids is 2. The zero-order valence-corrected chi connectivity index (χ0v) is 47.6. The Kier molecular flexibility index (Phi) is 49.6. The highest BCUT2D eigenvalue weighted by molar-refractivity contribution is 5.76. The first-order valence-electron chi connectivity index (χ1n) is 30.9. The lowest BCUT2D eigenvalue weighted by molar-refractivity contribution is -0.302. The fraction of sp³-hybridized carbons (Fsp3) is 0.841. The zero-order chi connectivity index (χ0) is 53.8. The monoisotopic (exact) mass is 1050 g/mol. The van der Waals surface area contributed by atoms with E-state index in [0.29, 0.717) is 19.4 Å². The molecule has 11 nitrogen and oxygen atoms in total. The van der Waals surface area contributed by atoms with Gasteiger partial charge in [-0.1, -0.05) is 249 Å². The molecule has 1 heterocycles. The van der Waals surface area contributed by atoms with Crippen molar-refractivity contribution in [3.8, 4) is 0 Å². The maximum atomic E-state index is 13.0. The number of aliphatic hydroxyl groups excluding tert-OH is 5. The van der Waals surface area contributed by atoms with E-state index >= 15 is 0 Å². The molecule has 0 saturated carbocycles. The number of carbonyl (C=O) groups is 2. The van der Waals surface area contributed by atoms with Crippen LogP contribution in [0.15, 0.2) is 48.6 Å². The van der Waals surface area contributed by atoms with E-state index in [2.05, 4.69) is 55.6 Å². The number of ether oxygens (including phenoxy) is 3. The summed E-state index contributed by atoms with van der Waals surface area (Å²) in [5, 5.41) is 54.4. The van der Waals surface area contributed by atoms with Gasteiger partial charge in [-0.15, -0.1) is 0 Å². The molecule has 7 unspecified atom stereocenters. The number of esters is 1. The van der Waals surface area contributed by atoms with Crippen LogP contribution in [0.5, 0.6) is 0 Å². The van der Waals surface area contributed by atoms with E-state index in [1.165, 1.54) is 173 Å². The molecule has 0 aromatic carbocycles. The Labute approximate surface area is 453 Å². The highest BCUT2D eigenvalue weighted by atomic mass is 16.7. The van der Waals surface area contributed by atoms with Crippen LogP contribution in [0.1, 0.15) is 277 Å². The summed E-state index contributed by atoms with van der Waals surface area (Å²) in [5.41, 5.74) is 0. The molecular weight excluding hydrogens is 931 g/mol. The van der Waals surface area contributed by atoms with Crippen LogP contribution in [0.25, 0.3) is 0 Å². The zero-order valence-electron chi connectivity index (χ0n) is 47.6. The van der Waals surface area contributed by atoms with E-state index in [1.807, 2.05) is 6.08 Å².